The minimum absolute atomic E-state index is 0.0594. The molecule has 0 radical (unpaired) electrons. The van der Waals surface area contributed by atoms with Crippen LogP contribution >= 0.6 is 0 Å². The Morgan fingerprint density at radius 3 is 2.14 bits per heavy atom. The topological polar surface area (TPSA) is 110 Å². The molecule has 2 N–H and O–H groups in total. The van der Waals surface area contributed by atoms with E-state index in [0.717, 1.165) is 23.8 Å². The second-order valence-electron chi connectivity index (χ2n) is 8.88. The molecule has 0 heterocycles. The second kappa shape index (κ2) is 11.0. The highest BCUT2D eigenvalue weighted by Gasteiger charge is 2.35. The molecule has 0 spiro atoms. The van der Waals surface area contributed by atoms with E-state index < -0.39 is 35.1 Å². The molecular weight excluding hydrogens is 472 g/mol. The van der Waals surface area contributed by atoms with Crippen LogP contribution in [0, 0.1) is 0 Å². The van der Waals surface area contributed by atoms with Crippen LogP contribution in [0.3, 0.4) is 0 Å². The van der Waals surface area contributed by atoms with Gasteiger partial charge in [0.15, 0.2) is 11.6 Å². The van der Waals surface area contributed by atoms with Gasteiger partial charge in [0.1, 0.15) is 29.1 Å². The Labute approximate surface area is 214 Å². The van der Waals surface area contributed by atoms with Gasteiger partial charge in [0, 0.05) is 12.0 Å². The lowest BCUT2D eigenvalue weighted by Gasteiger charge is -2.23. The number of Topliss-reactive ketones (excluding diaryl/α,β-unsaturated/α-hetero) is 1. The van der Waals surface area contributed by atoms with Gasteiger partial charge in [-0.25, -0.2) is 0 Å². The highest BCUT2D eigenvalue weighted by molar-refractivity contribution is 6.27. The van der Waals surface area contributed by atoms with Crippen LogP contribution in [-0.4, -0.2) is 33.9 Å². The zero-order valence-electron chi connectivity index (χ0n) is 20.4. The van der Waals surface area contributed by atoms with Crippen molar-refractivity contribution in [3.8, 4) is 23.0 Å². The molecule has 0 saturated heterocycles. The molecule has 4 rings (SSSR count). The number of rotatable bonds is 8. The first-order valence-corrected chi connectivity index (χ1v) is 11.7. The fourth-order valence-corrected chi connectivity index (χ4v) is 3.97. The first-order valence-electron chi connectivity index (χ1n) is 11.7. The van der Waals surface area contributed by atoms with Crippen molar-refractivity contribution in [2.45, 2.75) is 32.8 Å². The van der Waals surface area contributed by atoms with Gasteiger partial charge in [-0.3, -0.25) is 14.4 Å². The fourth-order valence-electron chi connectivity index (χ4n) is 3.97. The molecule has 0 aliphatic heterocycles. The number of hydrogen-bond donors (Lipinski definition) is 2. The number of aromatic hydroxyl groups is 2. The lowest BCUT2D eigenvalue weighted by molar-refractivity contribution is -0.146. The highest BCUT2D eigenvalue weighted by atomic mass is 16.5. The number of carbonyl (C=O) groups excluding carboxylic acids is 3. The quantitative estimate of drug-likeness (QED) is 0.233. The molecule has 1 atom stereocenters. The van der Waals surface area contributed by atoms with Gasteiger partial charge in [0.25, 0.3) is 0 Å². The van der Waals surface area contributed by atoms with Crippen LogP contribution in [0.4, 0.5) is 0 Å². The molecule has 0 saturated carbocycles. The summed E-state index contributed by atoms with van der Waals surface area (Å²) < 4.78 is 11.4. The molecule has 1 aliphatic rings. The molecule has 0 amide bonds. The Morgan fingerprint density at radius 1 is 0.865 bits per heavy atom. The number of carbonyl (C=O) groups is 3. The van der Waals surface area contributed by atoms with E-state index >= 15 is 0 Å². The summed E-state index contributed by atoms with van der Waals surface area (Å²) in [6.07, 6.45) is 1.92. The fraction of sp³-hybridized carbons (Fsp3) is 0.167. The summed E-state index contributed by atoms with van der Waals surface area (Å²) in [7, 11) is 0. The monoisotopic (exact) mass is 498 g/mol. The zero-order valence-corrected chi connectivity index (χ0v) is 20.4. The number of allylic oxidation sites excluding steroid dienone is 2. The van der Waals surface area contributed by atoms with Crippen LogP contribution in [0.1, 0.15) is 46.5 Å². The summed E-state index contributed by atoms with van der Waals surface area (Å²) in [6, 6.07) is 18.6. The maximum absolute atomic E-state index is 13.2. The third-order valence-corrected chi connectivity index (χ3v) is 5.80. The molecular formula is C30H26O7. The molecule has 0 fully saturated rings. The summed E-state index contributed by atoms with van der Waals surface area (Å²) >= 11 is 0. The van der Waals surface area contributed by atoms with Gasteiger partial charge < -0.3 is 19.7 Å². The molecule has 188 valence electrons. The normalized spacial score (nSPS) is 13.3. The molecule has 7 heteroatoms. The van der Waals surface area contributed by atoms with E-state index in [-0.39, 0.29) is 29.5 Å². The maximum Gasteiger partial charge on any atom is 0.310 e. The number of benzene rings is 3. The van der Waals surface area contributed by atoms with Crippen molar-refractivity contribution in [3.05, 3.63) is 107 Å². The number of phenolic OH excluding ortho intramolecular Hbond substituents is 2. The van der Waals surface area contributed by atoms with Gasteiger partial charge in [0.2, 0.25) is 0 Å². The molecule has 3 aromatic rings. The zero-order chi connectivity index (χ0) is 26.5. The van der Waals surface area contributed by atoms with Gasteiger partial charge in [0.05, 0.1) is 17.5 Å². The number of para-hydroxylation sites is 1. The van der Waals surface area contributed by atoms with Crippen LogP contribution in [0.15, 0.2) is 90.0 Å². The van der Waals surface area contributed by atoms with Gasteiger partial charge in [-0.2, -0.15) is 0 Å². The Balaban J connectivity index is 1.51. The Bertz CT molecular complexity index is 1400. The van der Waals surface area contributed by atoms with Crippen molar-refractivity contribution >= 4 is 17.5 Å². The van der Waals surface area contributed by atoms with Crippen LogP contribution in [0.25, 0.3) is 0 Å². The molecule has 1 aliphatic carbocycles. The van der Waals surface area contributed by atoms with E-state index in [1.165, 1.54) is 0 Å². The summed E-state index contributed by atoms with van der Waals surface area (Å²) in [5, 5.41) is 20.3. The summed E-state index contributed by atoms with van der Waals surface area (Å²) in [5.41, 5.74) is 0.995. The van der Waals surface area contributed by atoms with Gasteiger partial charge >= 0.3 is 5.97 Å². The summed E-state index contributed by atoms with van der Waals surface area (Å²) in [4.78, 5) is 38.8. The first-order chi connectivity index (χ1) is 17.7. The van der Waals surface area contributed by atoms with Crippen LogP contribution in [-0.2, 0) is 16.0 Å². The van der Waals surface area contributed by atoms with Crippen molar-refractivity contribution in [2.75, 3.05) is 0 Å². The van der Waals surface area contributed by atoms with Gasteiger partial charge in [-0.05, 0) is 61.9 Å². The summed E-state index contributed by atoms with van der Waals surface area (Å²) in [5.74, 6) is -1.44. The van der Waals surface area contributed by atoms with E-state index in [1.54, 1.807) is 30.3 Å². The molecule has 7 nitrogen and oxygen atoms in total. The number of esters is 1. The second-order valence-corrected chi connectivity index (χ2v) is 8.88. The predicted octanol–water partition coefficient (Wildman–Crippen LogP) is 5.71. The smallest absolute Gasteiger partial charge is 0.310 e. The Morgan fingerprint density at radius 2 is 1.49 bits per heavy atom. The van der Waals surface area contributed by atoms with E-state index in [0.29, 0.717) is 17.1 Å². The highest BCUT2D eigenvalue weighted by Crippen LogP contribution is 2.36. The van der Waals surface area contributed by atoms with E-state index in [9.17, 15) is 24.6 Å². The van der Waals surface area contributed by atoms with Crippen molar-refractivity contribution < 1.29 is 34.1 Å². The van der Waals surface area contributed by atoms with Gasteiger partial charge in [-0.1, -0.05) is 42.0 Å². The predicted molar refractivity (Wildman–Crippen MR) is 137 cm³/mol. The molecule has 3 aromatic carbocycles. The van der Waals surface area contributed by atoms with Crippen molar-refractivity contribution in [1.82, 2.24) is 0 Å². The SMILES string of the molecule is CC(C)=CC[C@@H](OC(=O)Cc1ccc(Oc2ccccc2)cc1)C1=CC(=O)c2c(O)ccc(O)c2C1=O. The molecule has 0 unspecified atom stereocenters. The van der Waals surface area contributed by atoms with Crippen LogP contribution in [0.5, 0.6) is 23.0 Å². The minimum atomic E-state index is -1.05. The van der Waals surface area contributed by atoms with Crippen molar-refractivity contribution in [1.29, 1.82) is 0 Å². The van der Waals surface area contributed by atoms with Gasteiger partial charge in [-0.15, -0.1) is 0 Å². The number of ether oxygens (including phenoxy) is 2. The summed E-state index contributed by atoms with van der Waals surface area (Å²) in [6.45, 7) is 3.72. The Kier molecular flexibility index (Phi) is 7.53. The molecule has 0 bridgehead atoms. The molecule has 0 aromatic heterocycles. The van der Waals surface area contributed by atoms with Crippen LogP contribution < -0.4 is 4.74 Å². The lowest BCUT2D eigenvalue weighted by Crippen LogP contribution is -2.29. The van der Waals surface area contributed by atoms with Crippen molar-refractivity contribution in [3.63, 3.8) is 0 Å². The first kappa shape index (κ1) is 25.4. The van der Waals surface area contributed by atoms with E-state index in [4.69, 9.17) is 9.47 Å². The minimum Gasteiger partial charge on any atom is -0.507 e. The lowest BCUT2D eigenvalue weighted by atomic mass is 9.85. The Hall–Kier alpha value is -4.65. The third kappa shape index (κ3) is 5.95. The van der Waals surface area contributed by atoms with E-state index in [2.05, 4.69) is 0 Å². The van der Waals surface area contributed by atoms with Crippen molar-refractivity contribution in [2.24, 2.45) is 0 Å². The van der Waals surface area contributed by atoms with Crippen LogP contribution in [0.2, 0.25) is 0 Å². The average molecular weight is 499 g/mol. The average Bonchev–Trinajstić information content (AvgIpc) is 2.87. The van der Waals surface area contributed by atoms with E-state index in [1.807, 2.05) is 44.2 Å². The maximum atomic E-state index is 13.2. The number of hydrogen-bond acceptors (Lipinski definition) is 7. The number of ketones is 2. The third-order valence-electron chi connectivity index (χ3n) is 5.80. The largest absolute Gasteiger partial charge is 0.507 e. The number of phenols is 2. The standard InChI is InChI=1S/C30H26O7/c1-18(2)8-15-26(22-17-25(33)28-23(31)13-14-24(32)29(28)30(22)35)37-27(34)16-19-9-11-21(12-10-19)36-20-6-4-3-5-7-20/h3-14,17,26,31-32H,15-16H2,1-2H3/t26-/m1/s1. The molecule has 37 heavy (non-hydrogen) atoms. The number of fused-ring (bicyclic) bond motifs is 1.